The van der Waals surface area contributed by atoms with E-state index in [0.717, 1.165) is 5.56 Å². The summed E-state index contributed by atoms with van der Waals surface area (Å²) in [5, 5.41) is 9.53. The molecule has 2 aromatic carbocycles. The number of aromatic hydroxyl groups is 1. The number of halogens is 2. The van der Waals surface area contributed by atoms with Crippen molar-refractivity contribution in [1.82, 2.24) is 0 Å². The molecule has 0 aliphatic rings. The van der Waals surface area contributed by atoms with Crippen LogP contribution in [0.3, 0.4) is 0 Å². The molecule has 0 spiro atoms. The van der Waals surface area contributed by atoms with Crippen LogP contribution in [0, 0.1) is 20.8 Å². The summed E-state index contributed by atoms with van der Waals surface area (Å²) in [5.41, 5.74) is 2.03. The first-order chi connectivity index (χ1) is 12.0. The maximum atomic E-state index is 13.0. The molecule has 9 heteroatoms. The van der Waals surface area contributed by atoms with Crippen molar-refractivity contribution >= 4 is 38.9 Å². The van der Waals surface area contributed by atoms with E-state index in [4.69, 9.17) is 32.7 Å². The number of hydrogen-bond donors (Lipinski definition) is 2. The Balaban J connectivity index is 2.72. The quantitative estimate of drug-likeness (QED) is 0.699. The molecule has 2 N–H and O–H groups in total. The number of benzene rings is 2. The molecule has 142 valence electrons. The molecule has 0 saturated heterocycles. The van der Waals surface area contributed by atoms with E-state index in [1.165, 1.54) is 14.2 Å². The van der Waals surface area contributed by atoms with Crippen LogP contribution in [0.15, 0.2) is 17.0 Å². The fourth-order valence-corrected chi connectivity index (χ4v) is 4.99. The van der Waals surface area contributed by atoms with Crippen LogP contribution in [0.4, 0.5) is 5.69 Å². The molecule has 0 bridgehead atoms. The molecule has 0 aliphatic carbocycles. The smallest absolute Gasteiger partial charge is 0.262 e. The lowest BCUT2D eigenvalue weighted by Gasteiger charge is -2.20. The normalized spacial score (nSPS) is 11.3. The predicted molar refractivity (Wildman–Crippen MR) is 103 cm³/mol. The highest BCUT2D eigenvalue weighted by Gasteiger charge is 2.29. The Morgan fingerprint density at radius 3 is 1.77 bits per heavy atom. The summed E-state index contributed by atoms with van der Waals surface area (Å²) < 4.78 is 38.8. The van der Waals surface area contributed by atoms with Crippen LogP contribution in [0.5, 0.6) is 17.2 Å². The van der Waals surface area contributed by atoms with Gasteiger partial charge in [-0.25, -0.2) is 8.42 Å². The fourth-order valence-electron chi connectivity index (χ4n) is 2.89. The Labute approximate surface area is 162 Å². The molecule has 0 heterocycles. The first-order valence-corrected chi connectivity index (χ1v) is 9.71. The van der Waals surface area contributed by atoms with E-state index in [1.54, 1.807) is 26.0 Å². The molecule has 2 aromatic rings. The number of nitrogens with one attached hydrogen (secondary N) is 1. The molecule has 26 heavy (non-hydrogen) atoms. The van der Waals surface area contributed by atoms with E-state index in [0.29, 0.717) is 11.1 Å². The van der Waals surface area contributed by atoms with Gasteiger partial charge in [0.1, 0.15) is 15.7 Å². The monoisotopic (exact) mass is 419 g/mol. The molecule has 6 nitrogen and oxygen atoms in total. The third kappa shape index (κ3) is 3.51. The summed E-state index contributed by atoms with van der Waals surface area (Å²) in [6, 6.07) is 3.54. The molecular weight excluding hydrogens is 401 g/mol. The van der Waals surface area contributed by atoms with Gasteiger partial charge in [-0.1, -0.05) is 40.9 Å². The van der Waals surface area contributed by atoms with Crippen molar-refractivity contribution in [2.75, 3.05) is 18.9 Å². The van der Waals surface area contributed by atoms with Crippen LogP contribution in [0.1, 0.15) is 16.7 Å². The zero-order chi connectivity index (χ0) is 19.8. The van der Waals surface area contributed by atoms with Gasteiger partial charge in [0.2, 0.25) is 0 Å². The standard InChI is InChI=1S/C17H19Cl2NO5S/c1-8-6-9(2)17(10(3)7-8)26(22,23)20-13-15(24-4)11(18)14(21)12(19)16(13)25-5/h6-7,20-21H,1-5H3. The Kier molecular flexibility index (Phi) is 5.85. The van der Waals surface area contributed by atoms with Gasteiger partial charge >= 0.3 is 0 Å². The first kappa shape index (κ1) is 20.5. The number of phenols is 1. The second kappa shape index (κ2) is 7.42. The Morgan fingerprint density at radius 1 is 0.962 bits per heavy atom. The van der Waals surface area contributed by atoms with E-state index in [2.05, 4.69) is 4.72 Å². The molecule has 0 fully saturated rings. The Bertz CT molecular complexity index is 920. The topological polar surface area (TPSA) is 84.9 Å². The highest BCUT2D eigenvalue weighted by molar-refractivity contribution is 7.92. The van der Waals surface area contributed by atoms with Crippen molar-refractivity contribution < 1.29 is 23.0 Å². The average molecular weight is 420 g/mol. The molecule has 2 rings (SSSR count). The largest absolute Gasteiger partial charge is 0.505 e. The number of phenolic OH excluding ortho intramolecular Hbond substituents is 1. The SMILES string of the molecule is COc1c(Cl)c(O)c(Cl)c(OC)c1NS(=O)(=O)c1c(C)cc(C)cc1C. The molecule has 0 radical (unpaired) electrons. The number of sulfonamides is 1. The van der Waals surface area contributed by atoms with Crippen molar-refractivity contribution in [2.24, 2.45) is 0 Å². The number of methoxy groups -OCH3 is 2. The molecule has 0 amide bonds. The van der Waals surface area contributed by atoms with Gasteiger partial charge in [0.05, 0.1) is 19.1 Å². The summed E-state index contributed by atoms with van der Waals surface area (Å²) >= 11 is 12.1. The molecular formula is C17H19Cl2NO5S. The minimum Gasteiger partial charge on any atom is -0.505 e. The van der Waals surface area contributed by atoms with Crippen LogP contribution >= 0.6 is 23.2 Å². The number of aryl methyl sites for hydroxylation is 3. The summed E-state index contributed by atoms with van der Waals surface area (Å²) in [5.74, 6) is -0.666. The maximum absolute atomic E-state index is 13.0. The van der Waals surface area contributed by atoms with Crippen molar-refractivity contribution in [2.45, 2.75) is 25.7 Å². The highest BCUT2D eigenvalue weighted by atomic mass is 35.5. The van der Waals surface area contributed by atoms with Gasteiger partial charge in [-0.3, -0.25) is 4.72 Å². The zero-order valence-corrected chi connectivity index (χ0v) is 17.2. The van der Waals surface area contributed by atoms with Gasteiger partial charge < -0.3 is 14.6 Å². The van der Waals surface area contributed by atoms with Crippen LogP contribution < -0.4 is 14.2 Å². The second-order valence-corrected chi connectivity index (χ2v) is 8.13. The second-order valence-electron chi connectivity index (χ2n) is 5.75. The summed E-state index contributed by atoms with van der Waals surface area (Å²) in [6.07, 6.45) is 0. The van der Waals surface area contributed by atoms with Gasteiger partial charge in [0, 0.05) is 0 Å². The van der Waals surface area contributed by atoms with Crippen LogP contribution in [-0.4, -0.2) is 27.7 Å². The lowest BCUT2D eigenvalue weighted by atomic mass is 10.1. The zero-order valence-electron chi connectivity index (χ0n) is 14.9. The van der Waals surface area contributed by atoms with E-state index >= 15 is 0 Å². The first-order valence-electron chi connectivity index (χ1n) is 7.47. The molecule has 0 aliphatic heterocycles. The van der Waals surface area contributed by atoms with Gasteiger partial charge in [0.15, 0.2) is 17.2 Å². The summed E-state index contributed by atoms with van der Waals surface area (Å²) in [6.45, 7) is 5.30. The van der Waals surface area contributed by atoms with Gasteiger partial charge in [-0.15, -0.1) is 0 Å². The number of anilines is 1. The van der Waals surface area contributed by atoms with Crippen molar-refractivity contribution in [3.05, 3.63) is 38.9 Å². The lowest BCUT2D eigenvalue weighted by molar-refractivity contribution is 0.389. The minimum absolute atomic E-state index is 0.0952. The van der Waals surface area contributed by atoms with Gasteiger partial charge in [-0.2, -0.15) is 0 Å². The Morgan fingerprint density at radius 2 is 1.38 bits per heavy atom. The van der Waals surface area contributed by atoms with E-state index in [1.807, 2.05) is 6.92 Å². The minimum atomic E-state index is -4.01. The van der Waals surface area contributed by atoms with Gasteiger partial charge in [0.25, 0.3) is 10.0 Å². The Hall–Kier alpha value is -1.83. The van der Waals surface area contributed by atoms with Gasteiger partial charge in [-0.05, 0) is 31.9 Å². The van der Waals surface area contributed by atoms with Crippen molar-refractivity contribution in [1.29, 1.82) is 0 Å². The van der Waals surface area contributed by atoms with E-state index in [-0.39, 0.29) is 32.1 Å². The molecule has 0 aromatic heterocycles. The van der Waals surface area contributed by atoms with Crippen LogP contribution in [-0.2, 0) is 10.0 Å². The fraction of sp³-hybridized carbons (Fsp3) is 0.294. The van der Waals surface area contributed by atoms with E-state index in [9.17, 15) is 13.5 Å². The lowest BCUT2D eigenvalue weighted by Crippen LogP contribution is -2.17. The van der Waals surface area contributed by atoms with Crippen LogP contribution in [0.25, 0.3) is 0 Å². The molecule has 0 unspecified atom stereocenters. The van der Waals surface area contributed by atoms with Crippen molar-refractivity contribution in [3.63, 3.8) is 0 Å². The maximum Gasteiger partial charge on any atom is 0.262 e. The van der Waals surface area contributed by atoms with E-state index < -0.39 is 15.8 Å². The number of hydrogen-bond acceptors (Lipinski definition) is 5. The third-order valence-electron chi connectivity index (χ3n) is 3.79. The molecule has 0 saturated carbocycles. The summed E-state index contributed by atoms with van der Waals surface area (Å²) in [4.78, 5) is 0.132. The van der Waals surface area contributed by atoms with Crippen molar-refractivity contribution in [3.8, 4) is 17.2 Å². The third-order valence-corrected chi connectivity index (χ3v) is 6.14. The van der Waals surface area contributed by atoms with Crippen LogP contribution in [0.2, 0.25) is 10.0 Å². The molecule has 0 atom stereocenters. The predicted octanol–water partition coefficient (Wildman–Crippen LogP) is 4.44. The summed E-state index contributed by atoms with van der Waals surface area (Å²) in [7, 11) is -1.44. The number of ether oxygens (including phenoxy) is 2. The highest BCUT2D eigenvalue weighted by Crippen LogP contribution is 2.52. The average Bonchev–Trinajstić information content (AvgIpc) is 2.52. The number of rotatable bonds is 5.